The average Bonchev–Trinajstić information content (AvgIpc) is 3.31. The second-order valence-corrected chi connectivity index (χ2v) is 11.6. The third-order valence-corrected chi connectivity index (χ3v) is 8.20. The minimum absolute atomic E-state index is 0.0872. The van der Waals surface area contributed by atoms with Gasteiger partial charge in [0.05, 0.1) is 21.8 Å². The molecule has 7 heteroatoms. The molecule has 1 N–H and O–H groups in total. The molecule has 1 aliphatic heterocycles. The van der Waals surface area contributed by atoms with Crippen molar-refractivity contribution in [2.24, 2.45) is 5.41 Å². The Morgan fingerprint density at radius 1 is 1.10 bits per heavy atom. The van der Waals surface area contributed by atoms with Gasteiger partial charge in [0.15, 0.2) is 0 Å². The summed E-state index contributed by atoms with van der Waals surface area (Å²) in [5, 5.41) is 0. The molecule has 3 aromatic rings. The molecule has 2 atom stereocenters. The van der Waals surface area contributed by atoms with Gasteiger partial charge in [0, 0.05) is 31.7 Å². The maximum atomic E-state index is 13.0. The van der Waals surface area contributed by atoms with Crippen LogP contribution in [0.5, 0.6) is 0 Å². The number of aromatic nitrogens is 3. The van der Waals surface area contributed by atoms with Crippen LogP contribution in [0.3, 0.4) is 0 Å². The van der Waals surface area contributed by atoms with Crippen LogP contribution in [0.15, 0.2) is 48.9 Å². The maximum absolute atomic E-state index is 13.0. The zero-order valence-corrected chi connectivity index (χ0v) is 18.7. The number of anilines is 1. The molecule has 0 bridgehead atoms. The minimum atomic E-state index is -1.11. The molecule has 30 heavy (non-hydrogen) atoms. The summed E-state index contributed by atoms with van der Waals surface area (Å²) in [4.78, 5) is 11.4. The van der Waals surface area contributed by atoms with Gasteiger partial charge in [-0.1, -0.05) is 24.3 Å². The van der Waals surface area contributed by atoms with Gasteiger partial charge in [0.25, 0.3) is 0 Å². The monoisotopic (exact) mass is 423 g/mol. The van der Waals surface area contributed by atoms with Crippen molar-refractivity contribution in [2.75, 3.05) is 18.0 Å². The van der Waals surface area contributed by atoms with Crippen LogP contribution < -0.4 is 9.62 Å². The van der Waals surface area contributed by atoms with E-state index in [1.54, 1.807) is 0 Å². The zero-order chi connectivity index (χ0) is 20.9. The highest BCUT2D eigenvalue weighted by atomic mass is 32.2. The molecule has 1 spiro atoms. The molecular weight excluding hydrogens is 394 g/mol. The van der Waals surface area contributed by atoms with Crippen molar-refractivity contribution < 1.29 is 4.21 Å². The topological polar surface area (TPSA) is 62.5 Å². The minimum Gasteiger partial charge on any atom is -0.342 e. The lowest BCUT2D eigenvalue weighted by atomic mass is 9.73. The van der Waals surface area contributed by atoms with Crippen molar-refractivity contribution in [3.63, 3.8) is 0 Å². The molecule has 5 rings (SSSR count). The van der Waals surface area contributed by atoms with Crippen LogP contribution in [-0.4, -0.2) is 36.4 Å². The first-order valence-electron chi connectivity index (χ1n) is 10.7. The highest BCUT2D eigenvalue weighted by Gasteiger charge is 2.49. The summed E-state index contributed by atoms with van der Waals surface area (Å²) < 4.78 is 18.3. The van der Waals surface area contributed by atoms with E-state index in [1.165, 1.54) is 11.1 Å². The van der Waals surface area contributed by atoms with Gasteiger partial charge in [-0.25, -0.2) is 18.9 Å². The van der Waals surface area contributed by atoms with Crippen LogP contribution in [0.2, 0.25) is 0 Å². The van der Waals surface area contributed by atoms with Crippen LogP contribution in [-0.2, 0) is 17.4 Å². The summed E-state index contributed by atoms with van der Waals surface area (Å²) in [5.74, 6) is 0.957. The highest BCUT2D eigenvalue weighted by Crippen LogP contribution is 2.52. The fraction of sp³-hybridized carbons (Fsp3) is 0.478. The van der Waals surface area contributed by atoms with Crippen LogP contribution in [0, 0.1) is 5.41 Å². The zero-order valence-electron chi connectivity index (χ0n) is 17.8. The molecule has 158 valence electrons. The van der Waals surface area contributed by atoms with Crippen molar-refractivity contribution in [1.82, 2.24) is 19.1 Å². The number of fused-ring (bicyclic) bond motifs is 2. The quantitative estimate of drug-likeness (QED) is 0.698. The van der Waals surface area contributed by atoms with Crippen LogP contribution in [0.4, 0.5) is 5.95 Å². The van der Waals surface area contributed by atoms with E-state index in [0.29, 0.717) is 0 Å². The number of nitrogens with zero attached hydrogens (tertiary/aromatic N) is 4. The Labute approximate surface area is 180 Å². The van der Waals surface area contributed by atoms with Gasteiger partial charge < -0.3 is 4.90 Å². The van der Waals surface area contributed by atoms with E-state index in [-0.39, 0.29) is 16.2 Å². The van der Waals surface area contributed by atoms with E-state index < -0.39 is 11.0 Å². The number of nitrogens with one attached hydrogen (secondary N) is 1. The Bertz CT molecular complexity index is 1090. The Morgan fingerprint density at radius 3 is 2.63 bits per heavy atom. The van der Waals surface area contributed by atoms with E-state index >= 15 is 0 Å². The number of imidazole rings is 1. The van der Waals surface area contributed by atoms with Gasteiger partial charge >= 0.3 is 0 Å². The first-order chi connectivity index (χ1) is 14.4. The molecule has 0 unspecified atom stereocenters. The largest absolute Gasteiger partial charge is 0.342 e. The number of rotatable bonds is 3. The fourth-order valence-electron chi connectivity index (χ4n) is 4.95. The number of piperidine rings is 1. The molecule has 2 aromatic heterocycles. The molecule has 3 heterocycles. The van der Waals surface area contributed by atoms with E-state index in [2.05, 4.69) is 48.3 Å². The third-order valence-electron chi connectivity index (χ3n) is 6.64. The fourth-order valence-corrected chi connectivity index (χ4v) is 5.90. The first-order valence-corrected chi connectivity index (χ1v) is 11.8. The lowest BCUT2D eigenvalue weighted by Gasteiger charge is -2.44. The second kappa shape index (κ2) is 7.17. The summed E-state index contributed by atoms with van der Waals surface area (Å²) in [6, 6.07) is 10.7. The van der Waals surface area contributed by atoms with Crippen LogP contribution in [0.1, 0.15) is 50.8 Å². The van der Waals surface area contributed by atoms with Gasteiger partial charge in [0.2, 0.25) is 5.95 Å². The number of hydrogen-bond donors (Lipinski definition) is 1. The second-order valence-electron chi connectivity index (χ2n) is 9.56. The smallest absolute Gasteiger partial charge is 0.211 e. The summed E-state index contributed by atoms with van der Waals surface area (Å²) in [5.41, 5.74) is 3.72. The van der Waals surface area contributed by atoms with Gasteiger partial charge in [-0.2, -0.15) is 0 Å². The Morgan fingerprint density at radius 2 is 1.87 bits per heavy atom. The maximum Gasteiger partial charge on any atom is 0.211 e. The van der Waals surface area contributed by atoms with Crippen LogP contribution in [0.25, 0.3) is 5.65 Å². The Kier molecular flexibility index (Phi) is 4.71. The van der Waals surface area contributed by atoms with E-state index in [1.807, 2.05) is 45.4 Å². The van der Waals surface area contributed by atoms with Crippen molar-refractivity contribution in [3.05, 3.63) is 60.0 Å². The van der Waals surface area contributed by atoms with E-state index in [0.717, 1.165) is 43.9 Å². The molecule has 0 amide bonds. The lowest BCUT2D eigenvalue weighted by molar-refractivity contribution is 0.177. The van der Waals surface area contributed by atoms with Crippen molar-refractivity contribution >= 4 is 22.6 Å². The van der Waals surface area contributed by atoms with Crippen molar-refractivity contribution in [2.45, 2.75) is 50.8 Å². The standard InChI is InChI=1S/C23H29N5OS/c1-22(2,3)30(29)26-20-18-7-5-4-6-17(18)16-23(20)9-13-27(14-10-23)21-25-11-8-19-24-12-15-28(19)21/h4-8,11-12,15,20,26H,9-10,13-14,16H2,1-3H3/t20-,30-/m1/s1. The predicted molar refractivity (Wildman–Crippen MR) is 121 cm³/mol. The van der Waals surface area contributed by atoms with E-state index in [4.69, 9.17) is 0 Å². The molecule has 2 aliphatic rings. The van der Waals surface area contributed by atoms with Gasteiger partial charge in [-0.3, -0.25) is 4.40 Å². The summed E-state index contributed by atoms with van der Waals surface area (Å²) in [6.07, 6.45) is 8.75. The third kappa shape index (κ3) is 3.24. The Hall–Kier alpha value is -2.25. The molecular formula is C23H29N5OS. The summed E-state index contributed by atoms with van der Waals surface area (Å²) in [7, 11) is -1.11. The molecule has 0 saturated carbocycles. The van der Waals surface area contributed by atoms with Gasteiger partial charge in [-0.15, -0.1) is 0 Å². The molecule has 1 aliphatic carbocycles. The molecule has 1 aromatic carbocycles. The molecule has 6 nitrogen and oxygen atoms in total. The lowest BCUT2D eigenvalue weighted by Crippen LogP contribution is -2.48. The first kappa shape index (κ1) is 19.7. The predicted octanol–water partition coefficient (Wildman–Crippen LogP) is 3.67. The SMILES string of the molecule is CC(C)(C)[S@@](=O)N[C@@H]1c2ccccc2CC12CCN(c1nccc3nccn13)CC2. The van der Waals surface area contributed by atoms with Crippen LogP contribution >= 0.6 is 0 Å². The highest BCUT2D eigenvalue weighted by molar-refractivity contribution is 7.84. The number of hydrogen-bond acceptors (Lipinski definition) is 4. The van der Waals surface area contributed by atoms with Crippen molar-refractivity contribution in [1.29, 1.82) is 0 Å². The van der Waals surface area contributed by atoms with Gasteiger partial charge in [-0.05, 0) is 62.6 Å². The molecule has 1 fully saturated rings. The summed E-state index contributed by atoms with van der Waals surface area (Å²) in [6.45, 7) is 7.95. The van der Waals surface area contributed by atoms with Gasteiger partial charge in [0.1, 0.15) is 5.65 Å². The van der Waals surface area contributed by atoms with Crippen molar-refractivity contribution in [3.8, 4) is 0 Å². The normalized spacial score (nSPS) is 21.8. The Balaban J connectivity index is 1.43. The summed E-state index contributed by atoms with van der Waals surface area (Å²) >= 11 is 0. The number of benzene rings is 1. The molecule has 1 saturated heterocycles. The average molecular weight is 424 g/mol. The van der Waals surface area contributed by atoms with E-state index in [9.17, 15) is 4.21 Å². The molecule has 0 radical (unpaired) electrons.